The summed E-state index contributed by atoms with van der Waals surface area (Å²) in [5, 5.41) is 6.09. The van der Waals surface area contributed by atoms with Crippen LogP contribution in [0.1, 0.15) is 57.8 Å². The first-order chi connectivity index (χ1) is 15.1. The van der Waals surface area contributed by atoms with Gasteiger partial charge in [-0.05, 0) is 50.7 Å². The van der Waals surface area contributed by atoms with E-state index < -0.39 is 0 Å². The van der Waals surface area contributed by atoms with Gasteiger partial charge in [0.15, 0.2) is 6.61 Å². The van der Waals surface area contributed by atoms with Crippen LogP contribution in [0.15, 0.2) is 24.3 Å². The van der Waals surface area contributed by atoms with E-state index in [1.54, 1.807) is 23.1 Å². The maximum Gasteiger partial charge on any atom is 0.260 e. The molecule has 0 radical (unpaired) electrons. The minimum absolute atomic E-state index is 0.0408. The van der Waals surface area contributed by atoms with Gasteiger partial charge in [0.2, 0.25) is 11.8 Å². The molecule has 168 valence electrons. The largest absolute Gasteiger partial charge is 0.484 e. The second-order valence-electron chi connectivity index (χ2n) is 9.10. The normalized spacial score (nSPS) is 21.9. The van der Waals surface area contributed by atoms with Crippen LogP contribution in [0, 0.1) is 11.8 Å². The van der Waals surface area contributed by atoms with Gasteiger partial charge < -0.3 is 20.3 Å². The third kappa shape index (κ3) is 6.21. The van der Waals surface area contributed by atoms with Gasteiger partial charge in [-0.2, -0.15) is 0 Å². The number of nitrogens with one attached hydrogen (secondary N) is 2. The van der Waals surface area contributed by atoms with Crippen LogP contribution in [0.5, 0.6) is 5.75 Å². The molecule has 3 amide bonds. The molecule has 0 spiro atoms. The Morgan fingerprint density at radius 1 is 0.935 bits per heavy atom. The van der Waals surface area contributed by atoms with E-state index in [0.29, 0.717) is 30.6 Å². The molecule has 3 fully saturated rings. The second-order valence-corrected chi connectivity index (χ2v) is 9.10. The molecule has 1 aromatic rings. The molecule has 31 heavy (non-hydrogen) atoms. The average Bonchev–Trinajstić information content (AvgIpc) is 3.64. The highest BCUT2D eigenvalue weighted by Gasteiger charge is 2.31. The number of carbonyl (C=O) groups excluding carboxylic acids is 3. The predicted molar refractivity (Wildman–Crippen MR) is 118 cm³/mol. The molecule has 1 saturated heterocycles. The Labute approximate surface area is 183 Å². The Kier molecular flexibility index (Phi) is 7.10. The minimum Gasteiger partial charge on any atom is -0.484 e. The number of benzene rings is 1. The summed E-state index contributed by atoms with van der Waals surface area (Å²) in [5.74, 6) is 0.561. The molecule has 0 bridgehead atoms. The van der Waals surface area contributed by atoms with Crippen molar-refractivity contribution in [1.82, 2.24) is 10.2 Å². The Morgan fingerprint density at radius 3 is 2.52 bits per heavy atom. The van der Waals surface area contributed by atoms with Crippen LogP contribution in [0.25, 0.3) is 0 Å². The zero-order valence-corrected chi connectivity index (χ0v) is 18.1. The number of nitrogens with zero attached hydrogens (tertiary/aromatic N) is 1. The summed E-state index contributed by atoms with van der Waals surface area (Å²) in [6.07, 6.45) is 9.31. The number of carbonyl (C=O) groups is 3. The molecule has 1 aromatic carbocycles. The molecule has 2 aliphatic carbocycles. The first-order valence-corrected chi connectivity index (χ1v) is 11.7. The lowest BCUT2D eigenvalue weighted by Gasteiger charge is -2.33. The van der Waals surface area contributed by atoms with E-state index in [-0.39, 0.29) is 36.2 Å². The van der Waals surface area contributed by atoms with Gasteiger partial charge in [0.25, 0.3) is 5.91 Å². The molecule has 3 aliphatic rings. The lowest BCUT2D eigenvalue weighted by Crippen LogP contribution is -2.48. The number of likely N-dealkylation sites (tertiary alicyclic amines) is 1. The van der Waals surface area contributed by atoms with Gasteiger partial charge in [-0.3, -0.25) is 14.4 Å². The monoisotopic (exact) mass is 427 g/mol. The quantitative estimate of drug-likeness (QED) is 0.700. The summed E-state index contributed by atoms with van der Waals surface area (Å²) >= 11 is 0. The van der Waals surface area contributed by atoms with Gasteiger partial charge in [-0.1, -0.05) is 25.3 Å². The maximum absolute atomic E-state index is 12.7. The van der Waals surface area contributed by atoms with Gasteiger partial charge in [-0.15, -0.1) is 0 Å². The van der Waals surface area contributed by atoms with Crippen molar-refractivity contribution in [3.05, 3.63) is 24.3 Å². The van der Waals surface area contributed by atoms with E-state index in [2.05, 4.69) is 10.6 Å². The van der Waals surface area contributed by atoms with Gasteiger partial charge >= 0.3 is 0 Å². The molecule has 2 N–H and O–H groups in total. The molecule has 7 heteroatoms. The van der Waals surface area contributed by atoms with Crippen molar-refractivity contribution in [3.8, 4) is 5.75 Å². The molecule has 1 unspecified atom stereocenters. The van der Waals surface area contributed by atoms with Crippen molar-refractivity contribution >= 4 is 23.4 Å². The summed E-state index contributed by atoms with van der Waals surface area (Å²) in [4.78, 5) is 39.0. The highest BCUT2D eigenvalue weighted by Crippen LogP contribution is 2.30. The van der Waals surface area contributed by atoms with Crippen molar-refractivity contribution in [2.24, 2.45) is 11.8 Å². The smallest absolute Gasteiger partial charge is 0.260 e. The lowest BCUT2D eigenvalue weighted by molar-refractivity contribution is -0.137. The van der Waals surface area contributed by atoms with Crippen LogP contribution >= 0.6 is 0 Å². The first-order valence-electron chi connectivity index (χ1n) is 11.7. The third-order valence-corrected chi connectivity index (χ3v) is 6.51. The Morgan fingerprint density at radius 2 is 1.74 bits per heavy atom. The standard InChI is InChI=1S/C24H33N3O4/c28-22(16-31-21-10-4-9-20(14-21)26-23(29)17-11-12-17)27-13-5-6-18(15-27)24(30)25-19-7-2-1-3-8-19/h4,9-10,14,17-19H,1-3,5-8,11-13,15-16H2,(H,25,30)(H,26,29). The van der Waals surface area contributed by atoms with E-state index >= 15 is 0 Å². The Hall–Kier alpha value is -2.57. The van der Waals surface area contributed by atoms with Crippen LogP contribution < -0.4 is 15.4 Å². The predicted octanol–water partition coefficient (Wildman–Crippen LogP) is 3.10. The van der Waals surface area contributed by atoms with E-state index in [1.165, 1.54) is 19.3 Å². The molecule has 2 saturated carbocycles. The summed E-state index contributed by atoms with van der Waals surface area (Å²) < 4.78 is 5.69. The number of anilines is 1. The number of piperidine rings is 1. The van der Waals surface area contributed by atoms with Crippen molar-refractivity contribution in [2.75, 3.05) is 25.0 Å². The van der Waals surface area contributed by atoms with Crippen molar-refractivity contribution in [2.45, 2.75) is 63.8 Å². The molecule has 1 aliphatic heterocycles. The summed E-state index contributed by atoms with van der Waals surface area (Å²) in [6.45, 7) is 1.04. The van der Waals surface area contributed by atoms with Crippen molar-refractivity contribution in [3.63, 3.8) is 0 Å². The average molecular weight is 428 g/mol. The van der Waals surface area contributed by atoms with Gasteiger partial charge in [-0.25, -0.2) is 0 Å². The lowest BCUT2D eigenvalue weighted by atomic mass is 9.93. The van der Waals surface area contributed by atoms with Gasteiger partial charge in [0.1, 0.15) is 5.75 Å². The molecular formula is C24H33N3O4. The van der Waals surface area contributed by atoms with E-state index in [9.17, 15) is 14.4 Å². The highest BCUT2D eigenvalue weighted by molar-refractivity contribution is 5.94. The zero-order chi connectivity index (χ0) is 21.6. The SMILES string of the molecule is O=C(Nc1cccc(OCC(=O)N2CCCC(C(=O)NC3CCCCC3)C2)c1)C1CC1. The molecule has 1 heterocycles. The fraction of sp³-hybridized carbons (Fsp3) is 0.625. The fourth-order valence-electron chi connectivity index (χ4n) is 4.47. The molecule has 7 nitrogen and oxygen atoms in total. The van der Waals surface area contributed by atoms with E-state index in [4.69, 9.17) is 4.74 Å². The number of hydrogen-bond acceptors (Lipinski definition) is 4. The van der Waals surface area contributed by atoms with Gasteiger partial charge in [0, 0.05) is 36.8 Å². The topological polar surface area (TPSA) is 87.7 Å². The van der Waals surface area contributed by atoms with Crippen molar-refractivity contribution < 1.29 is 19.1 Å². The summed E-state index contributed by atoms with van der Waals surface area (Å²) in [6, 6.07) is 7.42. The van der Waals surface area contributed by atoms with E-state index in [0.717, 1.165) is 38.5 Å². The molecule has 4 rings (SSSR count). The number of amides is 3. The third-order valence-electron chi connectivity index (χ3n) is 6.51. The molecular weight excluding hydrogens is 394 g/mol. The number of hydrogen-bond donors (Lipinski definition) is 2. The van der Waals surface area contributed by atoms with Crippen LogP contribution in [0.2, 0.25) is 0 Å². The Bertz CT molecular complexity index is 802. The molecule has 0 aromatic heterocycles. The van der Waals surface area contributed by atoms with Crippen molar-refractivity contribution in [1.29, 1.82) is 0 Å². The van der Waals surface area contributed by atoms with Crippen LogP contribution in [0.4, 0.5) is 5.69 Å². The minimum atomic E-state index is -0.138. The highest BCUT2D eigenvalue weighted by atomic mass is 16.5. The zero-order valence-electron chi connectivity index (χ0n) is 18.1. The Balaban J connectivity index is 1.24. The van der Waals surface area contributed by atoms with Crippen LogP contribution in [-0.2, 0) is 14.4 Å². The van der Waals surface area contributed by atoms with Crippen LogP contribution in [-0.4, -0.2) is 48.4 Å². The number of rotatable bonds is 7. The van der Waals surface area contributed by atoms with E-state index in [1.807, 2.05) is 6.07 Å². The van der Waals surface area contributed by atoms with Gasteiger partial charge in [0.05, 0.1) is 5.92 Å². The fourth-order valence-corrected chi connectivity index (χ4v) is 4.47. The maximum atomic E-state index is 12.7. The molecule has 1 atom stereocenters. The first kappa shape index (κ1) is 21.7. The summed E-state index contributed by atoms with van der Waals surface area (Å²) in [5.41, 5.74) is 0.680. The number of ether oxygens (including phenoxy) is 1. The second kappa shape index (κ2) is 10.2. The van der Waals surface area contributed by atoms with Crippen LogP contribution in [0.3, 0.4) is 0 Å². The summed E-state index contributed by atoms with van der Waals surface area (Å²) in [7, 11) is 0.